The van der Waals surface area contributed by atoms with E-state index in [1.165, 1.54) is 11.3 Å². The summed E-state index contributed by atoms with van der Waals surface area (Å²) in [4.78, 5) is 0.859. The van der Waals surface area contributed by atoms with E-state index in [0.717, 1.165) is 17.0 Å². The molecule has 0 aliphatic carbocycles. The lowest BCUT2D eigenvalue weighted by atomic mass is 10.0. The van der Waals surface area contributed by atoms with Gasteiger partial charge in [-0.1, -0.05) is 11.6 Å². The monoisotopic (exact) mass is 303 g/mol. The molecule has 1 atom stereocenters. The highest BCUT2D eigenvalue weighted by atomic mass is 35.5. The molecule has 1 unspecified atom stereocenters. The number of hydrogen-bond acceptors (Lipinski definition) is 3. The molecule has 1 aromatic heterocycles. The molecule has 0 amide bonds. The Balaban J connectivity index is 2.51. The van der Waals surface area contributed by atoms with Crippen LogP contribution in [0.3, 0.4) is 0 Å². The summed E-state index contributed by atoms with van der Waals surface area (Å²) in [6, 6.07) is 3.56. The Hall–Kier alpha value is -1.17. The highest BCUT2D eigenvalue weighted by Crippen LogP contribution is 2.37. The van der Waals surface area contributed by atoms with Gasteiger partial charge in [-0.25, -0.2) is 8.78 Å². The first-order chi connectivity index (χ1) is 9.08. The van der Waals surface area contributed by atoms with Crippen LogP contribution in [0.4, 0.5) is 8.78 Å². The van der Waals surface area contributed by atoms with E-state index in [4.69, 9.17) is 16.3 Å². The van der Waals surface area contributed by atoms with Crippen LogP contribution in [-0.4, -0.2) is 14.2 Å². The van der Waals surface area contributed by atoms with Gasteiger partial charge in [0.1, 0.15) is 5.75 Å². The largest absolute Gasteiger partial charge is 0.496 e. The number of ether oxygens (including phenoxy) is 1. The molecule has 0 spiro atoms. The van der Waals surface area contributed by atoms with Crippen LogP contribution in [0.2, 0.25) is 5.02 Å². The summed E-state index contributed by atoms with van der Waals surface area (Å²) in [6.45, 7) is 0. The van der Waals surface area contributed by atoms with Gasteiger partial charge in [0.05, 0.1) is 18.0 Å². The van der Waals surface area contributed by atoms with Gasteiger partial charge >= 0.3 is 0 Å². The van der Waals surface area contributed by atoms with Crippen molar-refractivity contribution in [2.75, 3.05) is 14.2 Å². The normalized spacial score (nSPS) is 12.5. The lowest BCUT2D eigenvalue weighted by Gasteiger charge is -2.18. The van der Waals surface area contributed by atoms with Gasteiger partial charge < -0.3 is 10.1 Å². The van der Waals surface area contributed by atoms with Crippen LogP contribution in [0, 0.1) is 11.6 Å². The van der Waals surface area contributed by atoms with Crippen molar-refractivity contribution >= 4 is 22.9 Å². The second-order valence-electron chi connectivity index (χ2n) is 3.86. The molecule has 102 valence electrons. The van der Waals surface area contributed by atoms with Crippen molar-refractivity contribution in [2.24, 2.45) is 0 Å². The maximum Gasteiger partial charge on any atom is 0.160 e. The number of rotatable bonds is 4. The van der Waals surface area contributed by atoms with Crippen molar-refractivity contribution in [1.29, 1.82) is 0 Å². The van der Waals surface area contributed by atoms with Gasteiger partial charge in [0, 0.05) is 5.02 Å². The van der Waals surface area contributed by atoms with Gasteiger partial charge in [-0.2, -0.15) is 0 Å². The zero-order valence-electron chi connectivity index (χ0n) is 10.3. The molecule has 0 aliphatic rings. The van der Waals surface area contributed by atoms with Crippen LogP contribution >= 0.6 is 22.9 Å². The first-order valence-corrected chi connectivity index (χ1v) is 6.77. The predicted molar refractivity (Wildman–Crippen MR) is 73.1 cm³/mol. The zero-order valence-corrected chi connectivity index (χ0v) is 11.9. The summed E-state index contributed by atoms with van der Waals surface area (Å²) in [5.74, 6) is -1.19. The van der Waals surface area contributed by atoms with E-state index < -0.39 is 11.6 Å². The Morgan fingerprint density at radius 2 is 2.00 bits per heavy atom. The smallest absolute Gasteiger partial charge is 0.160 e. The fraction of sp³-hybridized carbons (Fsp3) is 0.231. The van der Waals surface area contributed by atoms with E-state index in [9.17, 15) is 8.78 Å². The SMILES string of the molecule is CNC(c1cc(F)c(F)cc1Cl)c1sccc1OC. The van der Waals surface area contributed by atoms with E-state index >= 15 is 0 Å². The van der Waals surface area contributed by atoms with Gasteiger partial charge in [0.2, 0.25) is 0 Å². The second kappa shape index (κ2) is 5.86. The van der Waals surface area contributed by atoms with Crippen molar-refractivity contribution in [3.05, 3.63) is 50.7 Å². The standard InChI is InChI=1S/C13H12ClF2NOS/c1-17-12(13-11(18-2)3-4-19-13)7-5-9(15)10(16)6-8(7)14/h3-6,12,17H,1-2H3. The molecule has 2 nitrogen and oxygen atoms in total. The third-order valence-electron chi connectivity index (χ3n) is 2.78. The summed E-state index contributed by atoms with van der Waals surface area (Å²) < 4.78 is 31.7. The number of methoxy groups -OCH3 is 1. The maximum atomic E-state index is 13.4. The first kappa shape index (κ1) is 14.2. The van der Waals surface area contributed by atoms with E-state index in [1.54, 1.807) is 14.2 Å². The third kappa shape index (κ3) is 2.73. The van der Waals surface area contributed by atoms with Crippen molar-refractivity contribution in [3.63, 3.8) is 0 Å². The summed E-state index contributed by atoms with van der Waals surface area (Å²) in [6.07, 6.45) is 0. The Labute approximate surface area is 119 Å². The highest BCUT2D eigenvalue weighted by molar-refractivity contribution is 7.10. The van der Waals surface area contributed by atoms with Crippen LogP contribution in [0.5, 0.6) is 5.75 Å². The molecule has 0 saturated carbocycles. The molecule has 1 heterocycles. The average Bonchev–Trinajstić information content (AvgIpc) is 2.84. The zero-order chi connectivity index (χ0) is 14.0. The average molecular weight is 304 g/mol. The first-order valence-electron chi connectivity index (χ1n) is 5.51. The Kier molecular flexibility index (Phi) is 4.39. The summed E-state index contributed by atoms with van der Waals surface area (Å²) in [5, 5.41) is 5.08. The number of nitrogens with one attached hydrogen (secondary N) is 1. The van der Waals surface area contributed by atoms with Crippen LogP contribution in [0.15, 0.2) is 23.6 Å². The maximum absolute atomic E-state index is 13.4. The quantitative estimate of drug-likeness (QED) is 0.862. The van der Waals surface area contributed by atoms with E-state index in [2.05, 4.69) is 5.32 Å². The fourth-order valence-corrected chi connectivity index (χ4v) is 3.12. The van der Waals surface area contributed by atoms with Crippen molar-refractivity contribution in [2.45, 2.75) is 6.04 Å². The number of halogens is 3. The molecule has 0 bridgehead atoms. The molecule has 6 heteroatoms. The minimum absolute atomic E-state index is 0.175. The fourth-order valence-electron chi connectivity index (χ4n) is 1.88. The second-order valence-corrected chi connectivity index (χ2v) is 5.22. The van der Waals surface area contributed by atoms with Gasteiger partial charge in [0.15, 0.2) is 11.6 Å². The molecule has 0 radical (unpaired) electrons. The Morgan fingerprint density at radius 3 is 2.63 bits per heavy atom. The van der Waals surface area contributed by atoms with Gasteiger partial charge in [-0.15, -0.1) is 11.3 Å². The minimum atomic E-state index is -0.957. The molecule has 1 aromatic carbocycles. The number of thiophene rings is 1. The van der Waals surface area contributed by atoms with E-state index in [1.807, 2.05) is 11.4 Å². The Morgan fingerprint density at radius 1 is 1.32 bits per heavy atom. The van der Waals surface area contributed by atoms with Crippen LogP contribution < -0.4 is 10.1 Å². The Bertz CT molecular complexity index is 588. The number of benzene rings is 1. The predicted octanol–water partition coefficient (Wildman–Crippen LogP) is 4.00. The van der Waals surface area contributed by atoms with Crippen molar-refractivity contribution in [3.8, 4) is 5.75 Å². The van der Waals surface area contributed by atoms with Gasteiger partial charge in [-0.3, -0.25) is 0 Å². The van der Waals surface area contributed by atoms with Gasteiger partial charge in [0.25, 0.3) is 0 Å². The lowest BCUT2D eigenvalue weighted by molar-refractivity contribution is 0.408. The molecule has 2 aromatic rings. The molecule has 19 heavy (non-hydrogen) atoms. The summed E-state index contributed by atoms with van der Waals surface area (Å²) >= 11 is 7.46. The van der Waals surface area contributed by atoms with Crippen LogP contribution in [-0.2, 0) is 0 Å². The summed E-state index contributed by atoms with van der Waals surface area (Å²) in [7, 11) is 3.28. The molecular weight excluding hydrogens is 292 g/mol. The molecule has 0 fully saturated rings. The number of hydrogen-bond donors (Lipinski definition) is 1. The summed E-state index contributed by atoms with van der Waals surface area (Å²) in [5.41, 5.74) is 0.476. The molecule has 2 rings (SSSR count). The molecule has 0 saturated heterocycles. The lowest BCUT2D eigenvalue weighted by Crippen LogP contribution is -2.18. The highest BCUT2D eigenvalue weighted by Gasteiger charge is 2.22. The third-order valence-corrected chi connectivity index (χ3v) is 4.07. The van der Waals surface area contributed by atoms with Crippen LogP contribution in [0.1, 0.15) is 16.5 Å². The molecule has 1 N–H and O–H groups in total. The molecular formula is C13H12ClF2NOS. The van der Waals surface area contributed by atoms with Crippen molar-refractivity contribution < 1.29 is 13.5 Å². The van der Waals surface area contributed by atoms with Crippen molar-refractivity contribution in [1.82, 2.24) is 5.32 Å². The molecule has 0 aliphatic heterocycles. The minimum Gasteiger partial charge on any atom is -0.496 e. The van der Waals surface area contributed by atoms with E-state index in [-0.39, 0.29) is 11.1 Å². The van der Waals surface area contributed by atoms with Gasteiger partial charge in [-0.05, 0) is 36.2 Å². The van der Waals surface area contributed by atoms with E-state index in [0.29, 0.717) is 11.3 Å². The topological polar surface area (TPSA) is 21.3 Å². The van der Waals surface area contributed by atoms with Crippen LogP contribution in [0.25, 0.3) is 0 Å².